The van der Waals surface area contributed by atoms with Gasteiger partial charge in [-0.1, -0.05) is 31.0 Å². The normalized spacial score (nSPS) is 10.5. The van der Waals surface area contributed by atoms with Crippen LogP contribution in [0.25, 0.3) is 0 Å². The molecule has 22 heavy (non-hydrogen) atoms. The average molecular weight is 322 g/mol. The number of aryl methyl sites for hydroxylation is 1. The van der Waals surface area contributed by atoms with Gasteiger partial charge in [0.1, 0.15) is 11.4 Å². The van der Waals surface area contributed by atoms with Crippen molar-refractivity contribution in [1.29, 1.82) is 0 Å². The summed E-state index contributed by atoms with van der Waals surface area (Å²) >= 11 is 6.07. The number of rotatable bonds is 7. The van der Waals surface area contributed by atoms with Crippen LogP contribution in [-0.2, 0) is 6.73 Å². The lowest BCUT2D eigenvalue weighted by atomic mass is 10.2. The Bertz CT molecular complexity index is 640. The van der Waals surface area contributed by atoms with Crippen LogP contribution in [0.2, 0.25) is 5.02 Å². The third-order valence-electron chi connectivity index (χ3n) is 3.13. The molecule has 0 unspecified atom stereocenters. The summed E-state index contributed by atoms with van der Waals surface area (Å²) in [5.41, 5.74) is 1.45. The molecule has 0 spiro atoms. The maximum Gasteiger partial charge on any atom is 0.271 e. The van der Waals surface area contributed by atoms with Crippen LogP contribution >= 0.6 is 11.6 Å². The van der Waals surface area contributed by atoms with E-state index in [1.165, 1.54) is 0 Å². The van der Waals surface area contributed by atoms with Gasteiger partial charge in [-0.05, 0) is 37.1 Å². The number of nitrogens with zero attached hydrogens (tertiary/aromatic N) is 2. The number of ether oxygens (including phenoxy) is 1. The van der Waals surface area contributed by atoms with Crippen LogP contribution < -0.4 is 10.1 Å². The minimum Gasteiger partial charge on any atom is -0.470 e. The molecule has 0 aliphatic rings. The van der Waals surface area contributed by atoms with Crippen molar-refractivity contribution < 1.29 is 9.53 Å². The average Bonchev–Trinajstić information content (AvgIpc) is 2.97. The van der Waals surface area contributed by atoms with Gasteiger partial charge in [0, 0.05) is 12.7 Å². The van der Waals surface area contributed by atoms with Crippen molar-refractivity contribution in [1.82, 2.24) is 15.1 Å². The summed E-state index contributed by atoms with van der Waals surface area (Å²) < 4.78 is 7.19. The molecule has 5 nitrogen and oxygen atoms in total. The predicted octanol–water partition coefficient (Wildman–Crippen LogP) is 3.41. The van der Waals surface area contributed by atoms with Crippen molar-refractivity contribution in [3.8, 4) is 5.75 Å². The third-order valence-corrected chi connectivity index (χ3v) is 3.44. The summed E-state index contributed by atoms with van der Waals surface area (Å²) in [5, 5.41) is 7.57. The van der Waals surface area contributed by atoms with Crippen molar-refractivity contribution in [2.75, 3.05) is 6.54 Å². The topological polar surface area (TPSA) is 56.2 Å². The maximum absolute atomic E-state index is 11.9. The highest BCUT2D eigenvalue weighted by molar-refractivity contribution is 6.32. The molecular formula is C16H20ClN3O2. The van der Waals surface area contributed by atoms with E-state index in [0.717, 1.165) is 18.4 Å². The van der Waals surface area contributed by atoms with E-state index >= 15 is 0 Å². The van der Waals surface area contributed by atoms with Crippen molar-refractivity contribution in [2.24, 2.45) is 0 Å². The Labute approximate surface area is 135 Å². The van der Waals surface area contributed by atoms with Crippen LogP contribution in [0.5, 0.6) is 5.75 Å². The minimum absolute atomic E-state index is 0.166. The van der Waals surface area contributed by atoms with E-state index in [0.29, 0.717) is 23.0 Å². The summed E-state index contributed by atoms with van der Waals surface area (Å²) in [6.45, 7) is 4.91. The number of aromatic nitrogens is 2. The standard InChI is InChI=1S/C16H20ClN3O2/c1-3-4-8-18-16(21)14-7-9-20(19-14)11-22-15-10-12(2)5-6-13(15)17/h5-7,9-10H,3-4,8,11H2,1-2H3,(H,18,21). The lowest BCUT2D eigenvalue weighted by Crippen LogP contribution is -2.25. The Balaban J connectivity index is 1.92. The zero-order chi connectivity index (χ0) is 15.9. The lowest BCUT2D eigenvalue weighted by molar-refractivity contribution is 0.0946. The molecule has 0 radical (unpaired) electrons. The zero-order valence-corrected chi connectivity index (χ0v) is 13.6. The Morgan fingerprint density at radius 1 is 1.41 bits per heavy atom. The number of amides is 1. The van der Waals surface area contributed by atoms with Gasteiger partial charge in [-0.3, -0.25) is 4.79 Å². The predicted molar refractivity (Wildman–Crippen MR) is 86.3 cm³/mol. The van der Waals surface area contributed by atoms with Gasteiger partial charge in [-0.15, -0.1) is 0 Å². The van der Waals surface area contributed by atoms with E-state index in [9.17, 15) is 4.79 Å². The fraction of sp³-hybridized carbons (Fsp3) is 0.375. The van der Waals surface area contributed by atoms with E-state index < -0.39 is 0 Å². The Morgan fingerprint density at radius 3 is 3.00 bits per heavy atom. The number of unbranched alkanes of at least 4 members (excludes halogenated alkanes) is 1. The number of hydrogen-bond donors (Lipinski definition) is 1. The Hall–Kier alpha value is -2.01. The third kappa shape index (κ3) is 4.49. The van der Waals surface area contributed by atoms with Gasteiger partial charge in [-0.2, -0.15) is 5.10 Å². The minimum atomic E-state index is -0.166. The van der Waals surface area contributed by atoms with Gasteiger partial charge in [0.2, 0.25) is 0 Å². The van der Waals surface area contributed by atoms with Crippen LogP contribution in [0.15, 0.2) is 30.5 Å². The monoisotopic (exact) mass is 321 g/mol. The van der Waals surface area contributed by atoms with E-state index in [2.05, 4.69) is 17.3 Å². The Kier molecular flexibility index (Phi) is 5.83. The quantitative estimate of drug-likeness (QED) is 0.795. The Morgan fingerprint density at radius 2 is 2.23 bits per heavy atom. The largest absolute Gasteiger partial charge is 0.470 e. The molecule has 0 fully saturated rings. The second kappa shape index (κ2) is 7.84. The molecule has 0 bridgehead atoms. The second-order valence-corrected chi connectivity index (χ2v) is 5.46. The molecule has 1 aromatic carbocycles. The molecule has 0 atom stereocenters. The van der Waals surface area contributed by atoms with Gasteiger partial charge in [0.15, 0.2) is 6.73 Å². The summed E-state index contributed by atoms with van der Waals surface area (Å²) in [6.07, 6.45) is 3.71. The molecule has 0 saturated carbocycles. The molecule has 0 saturated heterocycles. The van der Waals surface area contributed by atoms with Gasteiger partial charge in [0.05, 0.1) is 5.02 Å². The number of nitrogens with one attached hydrogen (secondary N) is 1. The number of hydrogen-bond acceptors (Lipinski definition) is 3. The first-order valence-corrected chi connectivity index (χ1v) is 7.68. The maximum atomic E-state index is 11.9. The number of benzene rings is 1. The summed E-state index contributed by atoms with van der Waals surface area (Å²) in [4.78, 5) is 11.9. The lowest BCUT2D eigenvalue weighted by Gasteiger charge is -2.08. The zero-order valence-electron chi connectivity index (χ0n) is 12.8. The van der Waals surface area contributed by atoms with Crippen molar-refractivity contribution >= 4 is 17.5 Å². The molecule has 0 aliphatic carbocycles. The highest BCUT2D eigenvalue weighted by atomic mass is 35.5. The fourth-order valence-electron chi connectivity index (χ4n) is 1.88. The molecule has 1 amide bonds. The van der Waals surface area contributed by atoms with Crippen molar-refractivity contribution in [2.45, 2.75) is 33.4 Å². The van der Waals surface area contributed by atoms with Crippen LogP contribution in [-0.4, -0.2) is 22.2 Å². The van der Waals surface area contributed by atoms with Gasteiger partial charge in [0.25, 0.3) is 5.91 Å². The number of halogens is 1. The van der Waals surface area contributed by atoms with Crippen LogP contribution in [0, 0.1) is 6.92 Å². The molecule has 1 heterocycles. The summed E-state index contributed by atoms with van der Waals surface area (Å²) in [6, 6.07) is 7.25. The first-order chi connectivity index (χ1) is 10.6. The van der Waals surface area contributed by atoms with E-state index in [-0.39, 0.29) is 12.6 Å². The second-order valence-electron chi connectivity index (χ2n) is 5.06. The highest BCUT2D eigenvalue weighted by Crippen LogP contribution is 2.25. The summed E-state index contributed by atoms with van der Waals surface area (Å²) in [7, 11) is 0. The van der Waals surface area contributed by atoms with Crippen molar-refractivity contribution in [3.05, 3.63) is 46.7 Å². The van der Waals surface area contributed by atoms with Gasteiger partial charge < -0.3 is 10.1 Å². The van der Waals surface area contributed by atoms with Crippen LogP contribution in [0.1, 0.15) is 35.8 Å². The van der Waals surface area contributed by atoms with E-state index in [4.69, 9.17) is 16.3 Å². The van der Waals surface area contributed by atoms with Crippen molar-refractivity contribution in [3.63, 3.8) is 0 Å². The summed E-state index contributed by atoms with van der Waals surface area (Å²) in [5.74, 6) is 0.437. The fourth-order valence-corrected chi connectivity index (χ4v) is 2.05. The first kappa shape index (κ1) is 16.4. The molecule has 0 aliphatic heterocycles. The first-order valence-electron chi connectivity index (χ1n) is 7.30. The SMILES string of the molecule is CCCCNC(=O)c1ccn(COc2cc(C)ccc2Cl)n1. The molecule has 2 rings (SSSR count). The molecule has 1 aromatic heterocycles. The molecule has 6 heteroatoms. The van der Waals surface area contributed by atoms with Crippen LogP contribution in [0.4, 0.5) is 0 Å². The molecule has 118 valence electrons. The van der Waals surface area contributed by atoms with E-state index in [1.54, 1.807) is 23.0 Å². The van der Waals surface area contributed by atoms with Crippen LogP contribution in [0.3, 0.4) is 0 Å². The molecule has 1 N–H and O–H groups in total. The number of carbonyl (C=O) groups is 1. The molecule has 2 aromatic rings. The smallest absolute Gasteiger partial charge is 0.271 e. The van der Waals surface area contributed by atoms with Gasteiger partial charge in [-0.25, -0.2) is 4.68 Å². The van der Waals surface area contributed by atoms with Gasteiger partial charge >= 0.3 is 0 Å². The van der Waals surface area contributed by atoms with E-state index in [1.807, 2.05) is 19.1 Å². The molecular weight excluding hydrogens is 302 g/mol. The number of carbonyl (C=O) groups excluding carboxylic acids is 1. The highest BCUT2D eigenvalue weighted by Gasteiger charge is 2.09.